The van der Waals surface area contributed by atoms with Crippen molar-refractivity contribution < 1.29 is 38.0 Å². The van der Waals surface area contributed by atoms with Crippen LogP contribution in [0.5, 0.6) is 0 Å². The third-order valence-electron chi connectivity index (χ3n) is 9.34. The number of nitrogens with one attached hydrogen (secondary N) is 1. The molecule has 0 spiro atoms. The molecule has 0 aliphatic rings. The van der Waals surface area contributed by atoms with Gasteiger partial charge in [0, 0.05) is 6.42 Å². The van der Waals surface area contributed by atoms with E-state index >= 15 is 0 Å². The predicted octanol–water partition coefficient (Wildman–Crippen LogP) is 10.0. The van der Waals surface area contributed by atoms with E-state index in [2.05, 4.69) is 60.8 Å². The third-order valence-corrected chi connectivity index (χ3v) is 10.3. The van der Waals surface area contributed by atoms with Crippen LogP contribution in [-0.2, 0) is 18.4 Å². The summed E-state index contributed by atoms with van der Waals surface area (Å²) in [6.45, 7) is 4.21. The average Bonchev–Trinajstić information content (AvgIpc) is 3.10. The van der Waals surface area contributed by atoms with Crippen LogP contribution in [0.25, 0.3) is 0 Å². The number of carbonyl (C=O) groups is 1. The van der Waals surface area contributed by atoms with E-state index in [0.29, 0.717) is 23.9 Å². The molecule has 0 fully saturated rings. The second kappa shape index (κ2) is 35.8. The fourth-order valence-corrected chi connectivity index (χ4v) is 6.60. The van der Waals surface area contributed by atoms with Gasteiger partial charge in [0.2, 0.25) is 5.91 Å². The maximum Gasteiger partial charge on any atom is 0.268 e. The molecule has 3 N–H and O–H groups in total. The first kappa shape index (κ1) is 52.4. The average molecular weight is 783 g/mol. The number of hydrogen-bond donors (Lipinski definition) is 3. The highest BCUT2D eigenvalue weighted by molar-refractivity contribution is 7.45. The lowest BCUT2D eigenvalue weighted by atomic mass is 10.0. The smallest absolute Gasteiger partial charge is 0.268 e. The van der Waals surface area contributed by atoms with Gasteiger partial charge in [0.25, 0.3) is 7.82 Å². The summed E-state index contributed by atoms with van der Waals surface area (Å²) in [6, 6.07) is -0.838. The number of aliphatic hydroxyl groups excluding tert-OH is 2. The Kier molecular flexibility index (Phi) is 34.8. The van der Waals surface area contributed by atoms with Gasteiger partial charge >= 0.3 is 0 Å². The number of hydrogen-bond acceptors (Lipinski definition) is 7. The second-order valence-electron chi connectivity index (χ2n) is 16.0. The highest BCUT2D eigenvalue weighted by atomic mass is 31.2. The van der Waals surface area contributed by atoms with E-state index in [1.54, 1.807) is 0 Å². The molecule has 0 bridgehead atoms. The Hall–Kier alpha value is -1.58. The first-order chi connectivity index (χ1) is 25.9. The Labute approximate surface area is 332 Å². The van der Waals surface area contributed by atoms with Gasteiger partial charge < -0.3 is 34.0 Å². The van der Waals surface area contributed by atoms with Crippen molar-refractivity contribution >= 4 is 13.7 Å². The van der Waals surface area contributed by atoms with E-state index in [4.69, 9.17) is 9.05 Å². The summed E-state index contributed by atoms with van der Waals surface area (Å²) in [6.07, 6.45) is 41.0. The summed E-state index contributed by atoms with van der Waals surface area (Å²) in [7, 11) is 1.24. The minimum atomic E-state index is -4.58. The summed E-state index contributed by atoms with van der Waals surface area (Å²) in [5, 5.41) is 23.1. The fraction of sp³-hybridized carbons (Fsp3) is 0.795. The number of phosphoric ester groups is 1. The van der Waals surface area contributed by atoms with Crippen molar-refractivity contribution in [3.63, 3.8) is 0 Å². The lowest BCUT2D eigenvalue weighted by Crippen LogP contribution is -2.46. The molecule has 0 aliphatic heterocycles. The zero-order valence-corrected chi connectivity index (χ0v) is 36.2. The van der Waals surface area contributed by atoms with Crippen molar-refractivity contribution in [3.8, 4) is 0 Å². The lowest BCUT2D eigenvalue weighted by molar-refractivity contribution is -0.870. The number of amides is 1. The van der Waals surface area contributed by atoms with E-state index in [1.807, 2.05) is 28.1 Å². The van der Waals surface area contributed by atoms with Crippen molar-refractivity contribution in [3.05, 3.63) is 48.6 Å². The normalized spacial score (nSPS) is 15.5. The molecule has 10 heteroatoms. The molecule has 316 valence electrons. The van der Waals surface area contributed by atoms with Crippen LogP contribution in [0.1, 0.15) is 168 Å². The lowest BCUT2D eigenvalue weighted by Gasteiger charge is -2.30. The van der Waals surface area contributed by atoms with Gasteiger partial charge in [0.1, 0.15) is 13.2 Å². The number of quaternary nitrogens is 1. The van der Waals surface area contributed by atoms with Crippen molar-refractivity contribution in [1.29, 1.82) is 0 Å². The molecular formula is C44H83N2O7P. The van der Waals surface area contributed by atoms with Crippen LogP contribution in [0.3, 0.4) is 0 Å². The molecule has 0 rings (SSSR count). The number of phosphoric acid groups is 1. The van der Waals surface area contributed by atoms with Gasteiger partial charge in [-0.15, -0.1) is 0 Å². The molecule has 0 saturated carbocycles. The van der Waals surface area contributed by atoms with Crippen LogP contribution < -0.4 is 10.2 Å². The Balaban J connectivity index is 4.51. The number of aliphatic hydroxyl groups is 2. The number of likely N-dealkylation sites (N-methyl/N-ethyl adjacent to an activating group) is 1. The molecule has 0 aliphatic carbocycles. The zero-order chi connectivity index (χ0) is 40.2. The molecule has 9 nitrogen and oxygen atoms in total. The van der Waals surface area contributed by atoms with Crippen molar-refractivity contribution in [2.45, 2.75) is 186 Å². The molecule has 0 aromatic heterocycles. The summed E-state index contributed by atoms with van der Waals surface area (Å²) in [5.41, 5.74) is 0. The minimum absolute atomic E-state index is 0.00554. The number of nitrogens with zero attached hydrogens (tertiary/aromatic N) is 1. The van der Waals surface area contributed by atoms with Crippen LogP contribution >= 0.6 is 7.82 Å². The molecule has 0 heterocycles. The molecule has 0 aromatic rings. The van der Waals surface area contributed by atoms with E-state index in [0.717, 1.165) is 64.2 Å². The van der Waals surface area contributed by atoms with Crippen molar-refractivity contribution in [1.82, 2.24) is 5.32 Å². The Morgan fingerprint density at radius 2 is 1.15 bits per heavy atom. The maximum atomic E-state index is 12.8. The van der Waals surface area contributed by atoms with E-state index in [9.17, 15) is 24.5 Å². The van der Waals surface area contributed by atoms with E-state index in [1.165, 1.54) is 70.6 Å². The van der Waals surface area contributed by atoms with Crippen LogP contribution in [0, 0.1) is 0 Å². The van der Waals surface area contributed by atoms with Crippen LogP contribution in [-0.4, -0.2) is 79.8 Å². The van der Waals surface area contributed by atoms with Gasteiger partial charge in [-0.25, -0.2) is 0 Å². The predicted molar refractivity (Wildman–Crippen MR) is 225 cm³/mol. The number of allylic oxidation sites excluding steroid dienone is 8. The van der Waals surface area contributed by atoms with Gasteiger partial charge in [-0.05, 0) is 64.7 Å². The molecule has 1 unspecified atom stereocenters. The highest BCUT2D eigenvalue weighted by Gasteiger charge is 2.24. The van der Waals surface area contributed by atoms with Gasteiger partial charge in [-0.1, -0.05) is 145 Å². The van der Waals surface area contributed by atoms with Gasteiger partial charge in [-0.3, -0.25) is 9.36 Å². The molecule has 54 heavy (non-hydrogen) atoms. The largest absolute Gasteiger partial charge is 0.756 e. The van der Waals surface area contributed by atoms with E-state index in [-0.39, 0.29) is 31.6 Å². The highest BCUT2D eigenvalue weighted by Crippen LogP contribution is 2.38. The molecule has 1 amide bonds. The zero-order valence-electron chi connectivity index (χ0n) is 35.3. The van der Waals surface area contributed by atoms with Crippen LogP contribution in [0.4, 0.5) is 0 Å². The monoisotopic (exact) mass is 783 g/mol. The maximum absolute atomic E-state index is 12.8. The van der Waals surface area contributed by atoms with E-state index < -0.39 is 20.0 Å². The Morgan fingerprint density at radius 1 is 0.685 bits per heavy atom. The molecule has 0 radical (unpaired) electrons. The Morgan fingerprint density at radius 3 is 1.63 bits per heavy atom. The summed E-state index contributed by atoms with van der Waals surface area (Å²) in [5.74, 6) is -0.232. The standard InChI is InChI=1S/C44H83N2O7P/c1-6-7-8-9-10-11-12-13-18-21-24-27-30-33-36-43(48)42(40-53-54(50,51)52-39-38-46(3,4)5)45-44(49)37-34-31-28-25-22-19-16-14-15-17-20-23-26-29-32-35-41(2)47/h15-17,19,23,25-26,28,41-43,47-48H,6-14,18,20-22,24,27,29-40H2,1-5H3,(H-,45,49,50,51)/b17-15-,19-16-,26-23-,28-25-/t41-,42-,43+/m0/s1. The SMILES string of the molecule is CCCCCCCCCCCCCCCC[C@@H](O)[C@H](COP(=O)([O-])OCC[N+](C)(C)C)NC(=O)CCC/C=C\C/C=C\C/C=C\C/C=C\CCC[C@H](C)O. The quantitative estimate of drug-likeness (QED) is 0.0246. The molecule has 0 aromatic carbocycles. The topological polar surface area (TPSA) is 128 Å². The first-order valence-corrected chi connectivity index (χ1v) is 23.0. The van der Waals surface area contributed by atoms with Gasteiger partial charge in [0.15, 0.2) is 0 Å². The summed E-state index contributed by atoms with van der Waals surface area (Å²) < 4.78 is 23.2. The molecular weight excluding hydrogens is 699 g/mol. The number of carbonyl (C=O) groups excluding carboxylic acids is 1. The minimum Gasteiger partial charge on any atom is -0.756 e. The van der Waals surface area contributed by atoms with Crippen molar-refractivity contribution in [2.75, 3.05) is 40.9 Å². The second-order valence-corrected chi connectivity index (χ2v) is 17.4. The van der Waals surface area contributed by atoms with Crippen molar-refractivity contribution in [2.24, 2.45) is 0 Å². The van der Waals surface area contributed by atoms with Crippen LogP contribution in [0.2, 0.25) is 0 Å². The van der Waals surface area contributed by atoms with Crippen LogP contribution in [0.15, 0.2) is 48.6 Å². The summed E-state index contributed by atoms with van der Waals surface area (Å²) in [4.78, 5) is 25.3. The number of unbranched alkanes of at least 4 members (excludes halogenated alkanes) is 15. The van der Waals surface area contributed by atoms with Gasteiger partial charge in [0.05, 0.1) is 46.0 Å². The number of rotatable bonds is 38. The fourth-order valence-electron chi connectivity index (χ4n) is 5.87. The summed E-state index contributed by atoms with van der Waals surface area (Å²) >= 11 is 0. The Bertz CT molecular complexity index is 1040. The molecule has 4 atom stereocenters. The third kappa shape index (κ3) is 38.7. The molecule has 0 saturated heterocycles. The van der Waals surface area contributed by atoms with Gasteiger partial charge in [-0.2, -0.15) is 0 Å². The first-order valence-electron chi connectivity index (χ1n) is 21.5.